The van der Waals surface area contributed by atoms with E-state index in [1.807, 2.05) is 22.8 Å². The van der Waals surface area contributed by atoms with Gasteiger partial charge in [-0.3, -0.25) is 23.4 Å². The van der Waals surface area contributed by atoms with Crippen LogP contribution in [0.15, 0.2) is 70.3 Å². The Kier molecular flexibility index (Phi) is 7.93. The standard InChI is InChI=1S/C29H36N6O3/c1-31-26-25(27(36)32(2)29(31)37)35(17-9-13-23-11-5-3-6-12-23)28(30-26)38-22-10-16-33-18-20-34(21-19-33)24-14-7-4-8-15-24/h3-8,11-12,14-15H,9-10,13,16-22H2,1-2H3. The molecule has 2 aromatic heterocycles. The lowest BCUT2D eigenvalue weighted by Gasteiger charge is -2.36. The summed E-state index contributed by atoms with van der Waals surface area (Å²) in [4.78, 5) is 35.0. The molecular weight excluding hydrogens is 480 g/mol. The Bertz CT molecular complexity index is 1470. The summed E-state index contributed by atoms with van der Waals surface area (Å²) in [6, 6.07) is 21.2. The van der Waals surface area contributed by atoms with Crippen LogP contribution in [-0.2, 0) is 27.1 Å². The van der Waals surface area contributed by atoms with Crippen LogP contribution in [0.2, 0.25) is 0 Å². The van der Waals surface area contributed by atoms with E-state index >= 15 is 0 Å². The minimum Gasteiger partial charge on any atom is -0.465 e. The Labute approximate surface area is 222 Å². The molecule has 0 atom stereocenters. The van der Waals surface area contributed by atoms with E-state index in [4.69, 9.17) is 4.74 Å². The van der Waals surface area contributed by atoms with E-state index in [0.717, 1.165) is 56.6 Å². The van der Waals surface area contributed by atoms with Gasteiger partial charge in [-0.25, -0.2) is 4.79 Å². The van der Waals surface area contributed by atoms with Crippen LogP contribution in [0.1, 0.15) is 18.4 Å². The Morgan fingerprint density at radius 1 is 0.816 bits per heavy atom. The fourth-order valence-corrected chi connectivity index (χ4v) is 5.15. The van der Waals surface area contributed by atoms with E-state index < -0.39 is 5.69 Å². The third-order valence-electron chi connectivity index (χ3n) is 7.35. The molecule has 0 aliphatic carbocycles. The van der Waals surface area contributed by atoms with E-state index in [0.29, 0.717) is 30.3 Å². The number of fused-ring (bicyclic) bond motifs is 1. The van der Waals surface area contributed by atoms with Gasteiger partial charge in [-0.1, -0.05) is 48.5 Å². The first kappa shape index (κ1) is 25.8. The zero-order valence-corrected chi connectivity index (χ0v) is 22.3. The molecule has 0 unspecified atom stereocenters. The van der Waals surface area contributed by atoms with E-state index in [1.165, 1.54) is 22.9 Å². The lowest BCUT2D eigenvalue weighted by atomic mass is 10.1. The predicted octanol–water partition coefficient (Wildman–Crippen LogP) is 2.66. The van der Waals surface area contributed by atoms with Gasteiger partial charge < -0.3 is 9.64 Å². The topological polar surface area (TPSA) is 77.5 Å². The predicted molar refractivity (Wildman–Crippen MR) is 150 cm³/mol. The molecule has 9 heteroatoms. The van der Waals surface area contributed by atoms with E-state index in [1.54, 1.807) is 7.05 Å². The molecule has 0 saturated carbocycles. The molecule has 2 aromatic carbocycles. The minimum absolute atomic E-state index is 0.346. The summed E-state index contributed by atoms with van der Waals surface area (Å²) in [6.07, 6.45) is 2.56. The molecule has 0 bridgehead atoms. The third kappa shape index (κ3) is 5.52. The third-order valence-corrected chi connectivity index (χ3v) is 7.35. The maximum absolute atomic E-state index is 13.1. The summed E-state index contributed by atoms with van der Waals surface area (Å²) in [5, 5.41) is 0. The summed E-state index contributed by atoms with van der Waals surface area (Å²) >= 11 is 0. The summed E-state index contributed by atoms with van der Waals surface area (Å²) in [7, 11) is 3.15. The second-order valence-corrected chi connectivity index (χ2v) is 9.88. The Balaban J connectivity index is 1.23. The Morgan fingerprint density at radius 3 is 2.21 bits per heavy atom. The minimum atomic E-state index is -0.391. The van der Waals surface area contributed by atoms with Gasteiger partial charge in [-0.05, 0) is 37.0 Å². The summed E-state index contributed by atoms with van der Waals surface area (Å²) in [5.41, 5.74) is 2.56. The molecule has 1 fully saturated rings. The van der Waals surface area contributed by atoms with Crippen molar-refractivity contribution in [2.24, 2.45) is 14.1 Å². The van der Waals surface area contributed by atoms with Crippen LogP contribution >= 0.6 is 0 Å². The smallest absolute Gasteiger partial charge is 0.332 e. The highest BCUT2D eigenvalue weighted by molar-refractivity contribution is 5.71. The van der Waals surface area contributed by atoms with Gasteiger partial charge in [-0.15, -0.1) is 0 Å². The molecule has 200 valence electrons. The molecule has 1 aliphatic rings. The van der Waals surface area contributed by atoms with Crippen molar-refractivity contribution in [1.82, 2.24) is 23.6 Å². The number of imidazole rings is 1. The van der Waals surface area contributed by atoms with Crippen molar-refractivity contribution in [2.45, 2.75) is 25.8 Å². The van der Waals surface area contributed by atoms with Crippen molar-refractivity contribution in [1.29, 1.82) is 0 Å². The summed E-state index contributed by atoms with van der Waals surface area (Å²) in [6.45, 7) is 6.08. The fourth-order valence-electron chi connectivity index (χ4n) is 5.15. The van der Waals surface area contributed by atoms with E-state index in [2.05, 4.69) is 57.2 Å². The Morgan fingerprint density at radius 2 is 1.50 bits per heavy atom. The molecule has 0 amide bonds. The first-order valence-corrected chi connectivity index (χ1v) is 13.4. The van der Waals surface area contributed by atoms with Crippen molar-refractivity contribution >= 4 is 16.9 Å². The van der Waals surface area contributed by atoms with Gasteiger partial charge in [0.1, 0.15) is 0 Å². The van der Waals surface area contributed by atoms with Gasteiger partial charge in [0.25, 0.3) is 11.6 Å². The zero-order valence-electron chi connectivity index (χ0n) is 22.3. The van der Waals surface area contributed by atoms with Crippen molar-refractivity contribution < 1.29 is 4.74 Å². The molecule has 4 aromatic rings. The van der Waals surface area contributed by atoms with Gasteiger partial charge in [-0.2, -0.15) is 4.98 Å². The normalized spacial score (nSPS) is 14.3. The van der Waals surface area contributed by atoms with Gasteiger partial charge in [0.15, 0.2) is 11.2 Å². The van der Waals surface area contributed by atoms with Crippen molar-refractivity contribution in [3.63, 3.8) is 0 Å². The number of aromatic nitrogens is 4. The summed E-state index contributed by atoms with van der Waals surface area (Å²) < 4.78 is 10.5. The Hall–Kier alpha value is -3.85. The maximum Gasteiger partial charge on any atom is 0.332 e. The highest BCUT2D eigenvalue weighted by Gasteiger charge is 2.21. The molecule has 9 nitrogen and oxygen atoms in total. The average molecular weight is 517 g/mol. The van der Waals surface area contributed by atoms with Crippen LogP contribution < -0.4 is 20.9 Å². The van der Waals surface area contributed by atoms with E-state index in [9.17, 15) is 9.59 Å². The molecule has 1 saturated heterocycles. The number of hydrogen-bond donors (Lipinski definition) is 0. The second-order valence-electron chi connectivity index (χ2n) is 9.88. The average Bonchev–Trinajstić information content (AvgIpc) is 3.33. The SMILES string of the molecule is Cn1c(=O)c2c(nc(OCCCN3CCN(c4ccccc4)CC3)n2CCCc2ccccc2)n(C)c1=O. The summed E-state index contributed by atoms with van der Waals surface area (Å²) in [5.74, 6) is 0. The quantitative estimate of drug-likeness (QED) is 0.302. The van der Waals surface area contributed by atoms with E-state index in [-0.39, 0.29) is 5.56 Å². The number of benzene rings is 2. The van der Waals surface area contributed by atoms with Crippen LogP contribution in [0.4, 0.5) is 5.69 Å². The number of ether oxygens (including phenoxy) is 1. The van der Waals surface area contributed by atoms with Crippen LogP contribution in [0.5, 0.6) is 6.01 Å². The largest absolute Gasteiger partial charge is 0.465 e. The first-order valence-electron chi connectivity index (χ1n) is 13.4. The van der Waals surface area contributed by atoms with Gasteiger partial charge >= 0.3 is 5.69 Å². The second kappa shape index (κ2) is 11.7. The highest BCUT2D eigenvalue weighted by atomic mass is 16.5. The molecule has 5 rings (SSSR count). The fraction of sp³-hybridized carbons (Fsp3) is 0.414. The lowest BCUT2D eigenvalue weighted by molar-refractivity contribution is 0.214. The maximum atomic E-state index is 13.1. The molecule has 0 N–H and O–H groups in total. The number of para-hydroxylation sites is 1. The number of aryl methyl sites for hydroxylation is 3. The molecular formula is C29H36N6O3. The monoisotopic (exact) mass is 516 g/mol. The van der Waals surface area contributed by atoms with Crippen molar-refractivity contribution in [2.75, 3.05) is 44.2 Å². The van der Waals surface area contributed by atoms with Crippen LogP contribution in [0, 0.1) is 0 Å². The number of piperazine rings is 1. The van der Waals surface area contributed by atoms with Crippen LogP contribution in [-0.4, -0.2) is 62.9 Å². The van der Waals surface area contributed by atoms with Crippen molar-refractivity contribution in [3.8, 4) is 6.01 Å². The molecule has 3 heterocycles. The number of anilines is 1. The van der Waals surface area contributed by atoms with Crippen LogP contribution in [0.25, 0.3) is 11.2 Å². The molecule has 1 aliphatic heterocycles. The lowest BCUT2D eigenvalue weighted by Crippen LogP contribution is -2.46. The number of rotatable bonds is 10. The molecule has 0 spiro atoms. The highest BCUT2D eigenvalue weighted by Crippen LogP contribution is 2.20. The first-order chi connectivity index (χ1) is 18.5. The van der Waals surface area contributed by atoms with Gasteiger partial charge in [0.2, 0.25) is 0 Å². The number of nitrogens with zero attached hydrogens (tertiary/aromatic N) is 6. The number of hydrogen-bond acceptors (Lipinski definition) is 6. The molecule has 0 radical (unpaired) electrons. The van der Waals surface area contributed by atoms with Gasteiger partial charge in [0.05, 0.1) is 6.61 Å². The zero-order chi connectivity index (χ0) is 26.5. The van der Waals surface area contributed by atoms with Gasteiger partial charge in [0, 0.05) is 59.1 Å². The van der Waals surface area contributed by atoms with Crippen molar-refractivity contribution in [3.05, 3.63) is 87.1 Å². The van der Waals surface area contributed by atoms with Crippen LogP contribution in [0.3, 0.4) is 0 Å². The molecule has 38 heavy (non-hydrogen) atoms.